The molecule has 0 unspecified atom stereocenters. The van der Waals surface area contributed by atoms with Gasteiger partial charge in [-0.2, -0.15) is 4.98 Å². The molecule has 0 bridgehead atoms. The van der Waals surface area contributed by atoms with Gasteiger partial charge in [0, 0.05) is 18.1 Å². The number of aromatic amines is 1. The summed E-state index contributed by atoms with van der Waals surface area (Å²) in [6.45, 7) is 3.76. The van der Waals surface area contributed by atoms with E-state index in [2.05, 4.69) is 21.5 Å². The topological polar surface area (TPSA) is 205 Å². The van der Waals surface area contributed by atoms with Crippen LogP contribution in [0, 0.1) is 5.92 Å². The van der Waals surface area contributed by atoms with Gasteiger partial charge in [-0.15, -0.1) is 0 Å². The van der Waals surface area contributed by atoms with Gasteiger partial charge in [0.15, 0.2) is 11.2 Å². The van der Waals surface area contributed by atoms with Gasteiger partial charge in [0.25, 0.3) is 5.56 Å². The second-order valence-corrected chi connectivity index (χ2v) is 5.97. The minimum absolute atomic E-state index is 0.00659. The number of anilines is 1. The number of carboxylic acid groups (broad SMARTS) is 2. The average molecular weight is 393 g/mol. The van der Waals surface area contributed by atoms with E-state index < -0.39 is 23.6 Å². The maximum atomic E-state index is 11.7. The third kappa shape index (κ3) is 4.42. The predicted octanol–water partition coefficient (Wildman–Crippen LogP) is -1.12. The van der Waals surface area contributed by atoms with Gasteiger partial charge in [-0.3, -0.25) is 9.78 Å². The number of hydrogen-bond donors (Lipinski definition) is 6. The van der Waals surface area contributed by atoms with Crippen LogP contribution < -0.4 is 11.3 Å². The Labute approximate surface area is 157 Å². The second kappa shape index (κ2) is 8.45. The van der Waals surface area contributed by atoms with E-state index in [9.17, 15) is 24.6 Å². The van der Waals surface area contributed by atoms with Crippen molar-refractivity contribution in [1.82, 2.24) is 19.5 Å². The molecular formula is C16H19N5O7. The number of nitrogen functional groups attached to an aromatic ring is 1. The molecule has 1 fully saturated rings. The number of fused-ring (bicyclic) bond motifs is 1. The molecule has 2 heterocycles. The van der Waals surface area contributed by atoms with Gasteiger partial charge in [0.05, 0.1) is 25.1 Å². The Morgan fingerprint density at radius 3 is 2.46 bits per heavy atom. The summed E-state index contributed by atoms with van der Waals surface area (Å²) in [5.41, 5.74) is 6.37. The number of nitrogens with zero attached hydrogens (tertiary/aromatic N) is 3. The molecule has 0 amide bonds. The first-order valence-corrected chi connectivity index (χ1v) is 7.99. The first kappa shape index (κ1) is 20.8. The largest absolute Gasteiger partial charge is 0.478 e. The molecule has 7 N–H and O–H groups in total. The maximum Gasteiger partial charge on any atom is 0.328 e. The molecule has 0 aromatic carbocycles. The van der Waals surface area contributed by atoms with Crippen molar-refractivity contribution >= 4 is 29.1 Å². The van der Waals surface area contributed by atoms with E-state index in [0.717, 1.165) is 0 Å². The van der Waals surface area contributed by atoms with Crippen LogP contribution in [-0.2, 0) is 9.59 Å². The SMILES string of the molecule is C=C1[C@H](CO)[C@@H](O)C[C@@H]1n1cnc2c(=O)[nH]c(N)nc21.O=C(O)/C=C/C(=O)O. The number of aliphatic hydroxyl groups is 2. The number of nitrogens with two attached hydrogens (primary N) is 1. The molecule has 12 nitrogen and oxygen atoms in total. The van der Waals surface area contributed by atoms with E-state index in [-0.39, 0.29) is 30.0 Å². The van der Waals surface area contributed by atoms with E-state index >= 15 is 0 Å². The lowest BCUT2D eigenvalue weighted by Crippen LogP contribution is -2.17. The number of aromatic nitrogens is 4. The minimum atomic E-state index is -1.26. The van der Waals surface area contributed by atoms with Gasteiger partial charge < -0.3 is 30.7 Å². The first-order valence-electron chi connectivity index (χ1n) is 7.99. The minimum Gasteiger partial charge on any atom is -0.478 e. The second-order valence-electron chi connectivity index (χ2n) is 5.97. The molecule has 3 atom stereocenters. The number of H-pyrrole nitrogens is 1. The summed E-state index contributed by atoms with van der Waals surface area (Å²) in [4.78, 5) is 41.3. The van der Waals surface area contributed by atoms with Gasteiger partial charge in [-0.1, -0.05) is 6.58 Å². The van der Waals surface area contributed by atoms with Crippen molar-refractivity contribution in [2.24, 2.45) is 5.92 Å². The maximum absolute atomic E-state index is 11.7. The molecule has 1 aliphatic carbocycles. The summed E-state index contributed by atoms with van der Waals surface area (Å²) in [6.07, 6.45) is 2.32. The smallest absolute Gasteiger partial charge is 0.328 e. The molecule has 3 rings (SSSR count). The quantitative estimate of drug-likeness (QED) is 0.273. The summed E-state index contributed by atoms with van der Waals surface area (Å²) in [7, 11) is 0. The molecule has 28 heavy (non-hydrogen) atoms. The van der Waals surface area contributed by atoms with Gasteiger partial charge >= 0.3 is 11.9 Å². The third-order valence-electron chi connectivity index (χ3n) is 4.19. The van der Waals surface area contributed by atoms with E-state index in [1.54, 1.807) is 4.57 Å². The van der Waals surface area contributed by atoms with Crippen LogP contribution in [0.5, 0.6) is 0 Å². The van der Waals surface area contributed by atoms with E-state index in [1.807, 2.05) is 0 Å². The first-order chi connectivity index (χ1) is 13.1. The summed E-state index contributed by atoms with van der Waals surface area (Å²) < 4.78 is 1.67. The fourth-order valence-corrected chi connectivity index (χ4v) is 2.88. The van der Waals surface area contributed by atoms with Gasteiger partial charge in [-0.05, 0) is 12.0 Å². The molecule has 2 aromatic heterocycles. The Hall–Kier alpha value is -3.51. The number of imidazole rings is 1. The van der Waals surface area contributed by atoms with Crippen molar-refractivity contribution in [3.05, 3.63) is 41.0 Å². The van der Waals surface area contributed by atoms with Crippen LogP contribution in [0.1, 0.15) is 12.5 Å². The van der Waals surface area contributed by atoms with E-state index in [4.69, 9.17) is 15.9 Å². The molecule has 1 aliphatic rings. The summed E-state index contributed by atoms with van der Waals surface area (Å²) >= 11 is 0. The Balaban J connectivity index is 0.000000300. The van der Waals surface area contributed by atoms with Gasteiger partial charge in [0.2, 0.25) is 5.95 Å². The van der Waals surface area contributed by atoms with Crippen LogP contribution in [0.25, 0.3) is 11.2 Å². The number of rotatable bonds is 4. The zero-order valence-corrected chi connectivity index (χ0v) is 14.5. The van der Waals surface area contributed by atoms with E-state index in [1.165, 1.54) is 6.33 Å². The van der Waals surface area contributed by atoms with Crippen molar-refractivity contribution < 1.29 is 30.0 Å². The lowest BCUT2D eigenvalue weighted by atomic mass is 10.0. The third-order valence-corrected chi connectivity index (χ3v) is 4.19. The lowest BCUT2D eigenvalue weighted by molar-refractivity contribution is -0.134. The average Bonchev–Trinajstić information content (AvgIpc) is 3.14. The number of carbonyl (C=O) groups is 2. The van der Waals surface area contributed by atoms with Gasteiger partial charge in [0.1, 0.15) is 0 Å². The van der Waals surface area contributed by atoms with Crippen molar-refractivity contribution in [1.29, 1.82) is 0 Å². The Kier molecular flexibility index (Phi) is 6.28. The highest BCUT2D eigenvalue weighted by Gasteiger charge is 2.37. The fourth-order valence-electron chi connectivity index (χ4n) is 2.88. The Bertz CT molecular complexity index is 977. The normalized spacial score (nSPS) is 21.6. The Morgan fingerprint density at radius 2 is 1.96 bits per heavy atom. The molecule has 2 aromatic rings. The predicted molar refractivity (Wildman–Crippen MR) is 96.3 cm³/mol. The molecule has 1 saturated carbocycles. The number of nitrogens with one attached hydrogen (secondary N) is 1. The molecule has 0 aliphatic heterocycles. The molecular weight excluding hydrogens is 374 g/mol. The summed E-state index contributed by atoms with van der Waals surface area (Å²) in [5.74, 6) is -2.89. The van der Waals surface area contributed by atoms with Crippen molar-refractivity contribution in [3.63, 3.8) is 0 Å². The number of aliphatic hydroxyl groups excluding tert-OH is 2. The molecule has 12 heteroatoms. The standard InChI is InChI=1S/C12H15N5O3.C4H4O4/c1-5-6(3-18)8(19)2-7(5)17-4-14-9-10(17)15-12(13)16-11(9)20;5-3(6)1-2-4(7)8/h4,6-8,18-19H,1-3H2,(H3,13,15,16,20);1-2H,(H,5,6)(H,7,8)/b;2-1+/t6-,7-,8-;/m0./s1. The van der Waals surface area contributed by atoms with E-state index in [0.29, 0.717) is 29.8 Å². The number of hydrogen-bond acceptors (Lipinski definition) is 8. The van der Waals surface area contributed by atoms with Crippen molar-refractivity contribution in [3.8, 4) is 0 Å². The van der Waals surface area contributed by atoms with Crippen LogP contribution in [0.4, 0.5) is 5.95 Å². The van der Waals surface area contributed by atoms with Crippen molar-refractivity contribution in [2.75, 3.05) is 12.3 Å². The molecule has 0 spiro atoms. The van der Waals surface area contributed by atoms with Crippen LogP contribution >= 0.6 is 0 Å². The summed E-state index contributed by atoms with van der Waals surface area (Å²) in [6, 6.07) is -0.263. The summed E-state index contributed by atoms with van der Waals surface area (Å²) in [5, 5.41) is 34.9. The monoisotopic (exact) mass is 393 g/mol. The zero-order chi connectivity index (χ0) is 21.0. The van der Waals surface area contributed by atoms with Crippen LogP contribution in [-0.4, -0.2) is 64.6 Å². The molecule has 150 valence electrons. The number of carboxylic acids is 2. The van der Waals surface area contributed by atoms with Crippen LogP contribution in [0.2, 0.25) is 0 Å². The fraction of sp³-hybridized carbons (Fsp3) is 0.312. The lowest BCUT2D eigenvalue weighted by Gasteiger charge is -2.15. The zero-order valence-electron chi connectivity index (χ0n) is 14.5. The van der Waals surface area contributed by atoms with Crippen molar-refractivity contribution in [2.45, 2.75) is 18.6 Å². The molecule has 0 radical (unpaired) electrons. The Morgan fingerprint density at radius 1 is 1.36 bits per heavy atom. The number of aliphatic carboxylic acids is 2. The van der Waals surface area contributed by atoms with Gasteiger partial charge in [-0.25, -0.2) is 14.6 Å². The van der Waals surface area contributed by atoms with Crippen LogP contribution in [0.3, 0.4) is 0 Å². The highest BCUT2D eigenvalue weighted by molar-refractivity contribution is 5.89. The highest BCUT2D eigenvalue weighted by atomic mass is 16.4. The highest BCUT2D eigenvalue weighted by Crippen LogP contribution is 2.39. The molecule has 0 saturated heterocycles. The van der Waals surface area contributed by atoms with Crippen LogP contribution in [0.15, 0.2) is 35.4 Å².